The van der Waals surface area contributed by atoms with Gasteiger partial charge >= 0.3 is 0 Å². The fourth-order valence-corrected chi connectivity index (χ4v) is 3.25. The van der Waals surface area contributed by atoms with Gasteiger partial charge < -0.3 is 15.2 Å². The molecule has 1 heterocycles. The second kappa shape index (κ2) is 12.9. The van der Waals surface area contributed by atoms with Crippen LogP contribution in [0.2, 0.25) is 0 Å². The van der Waals surface area contributed by atoms with Crippen LogP contribution in [0, 0.1) is 0 Å². The van der Waals surface area contributed by atoms with E-state index in [4.69, 9.17) is 0 Å². The summed E-state index contributed by atoms with van der Waals surface area (Å²) in [7, 11) is 1.98. The highest BCUT2D eigenvalue weighted by atomic mass is 15.0. The lowest BCUT2D eigenvalue weighted by atomic mass is 10.0. The fraction of sp³-hybridized carbons (Fsp3) is 0.207. The van der Waals surface area contributed by atoms with Crippen LogP contribution in [-0.4, -0.2) is 10.8 Å². The third-order valence-electron chi connectivity index (χ3n) is 5.14. The van der Waals surface area contributed by atoms with Gasteiger partial charge in [-0.05, 0) is 54.7 Å². The zero-order chi connectivity index (χ0) is 24.2. The Morgan fingerprint density at radius 2 is 1.82 bits per heavy atom. The predicted molar refractivity (Wildman–Crippen MR) is 145 cm³/mol. The number of nitrogens with one attached hydrogen (secondary N) is 2. The summed E-state index contributed by atoms with van der Waals surface area (Å²) in [4.78, 5) is 4.48. The van der Waals surface area contributed by atoms with Crippen LogP contribution in [-0.2, 0) is 13.5 Å². The monoisotopic (exact) mass is 440 g/mol. The first-order valence-corrected chi connectivity index (χ1v) is 11.2. The Bertz CT molecular complexity index is 1090. The van der Waals surface area contributed by atoms with E-state index in [9.17, 15) is 0 Å². The van der Waals surface area contributed by atoms with E-state index in [2.05, 4.69) is 72.6 Å². The van der Waals surface area contributed by atoms with Crippen molar-refractivity contribution >= 4 is 17.5 Å². The van der Waals surface area contributed by atoms with Gasteiger partial charge in [0.2, 0.25) is 0 Å². The van der Waals surface area contributed by atoms with E-state index in [1.807, 2.05) is 68.4 Å². The van der Waals surface area contributed by atoms with Gasteiger partial charge in [-0.1, -0.05) is 69.2 Å². The van der Waals surface area contributed by atoms with Crippen molar-refractivity contribution in [3.05, 3.63) is 121 Å². The van der Waals surface area contributed by atoms with E-state index >= 15 is 0 Å². The SMILES string of the molecule is C=C/C(=C\C(=C/C)NC(=C)Cc1ccc(/C(C=NC(=C)Nc2ccn(C)c2)=C/C)cc1)CC. The van der Waals surface area contributed by atoms with Crippen LogP contribution in [0.1, 0.15) is 38.3 Å². The maximum absolute atomic E-state index is 4.48. The number of aryl methyl sites for hydroxylation is 1. The van der Waals surface area contributed by atoms with Gasteiger partial charge in [0, 0.05) is 43.5 Å². The number of benzene rings is 1. The highest BCUT2D eigenvalue weighted by Gasteiger charge is 2.03. The first-order valence-electron chi connectivity index (χ1n) is 11.2. The number of rotatable bonds is 12. The number of nitrogens with zero attached hydrogens (tertiary/aromatic N) is 2. The van der Waals surface area contributed by atoms with Crippen molar-refractivity contribution in [3.63, 3.8) is 0 Å². The molecule has 172 valence electrons. The van der Waals surface area contributed by atoms with Crippen LogP contribution in [0.25, 0.3) is 5.57 Å². The molecule has 2 rings (SSSR count). The van der Waals surface area contributed by atoms with Gasteiger partial charge in [0.05, 0.1) is 5.69 Å². The summed E-state index contributed by atoms with van der Waals surface area (Å²) in [5.41, 5.74) is 7.46. The predicted octanol–water partition coefficient (Wildman–Crippen LogP) is 7.15. The molecule has 0 fully saturated rings. The zero-order valence-electron chi connectivity index (χ0n) is 20.4. The zero-order valence-corrected chi connectivity index (χ0v) is 20.4. The van der Waals surface area contributed by atoms with Gasteiger partial charge in [-0.3, -0.25) is 0 Å². The van der Waals surface area contributed by atoms with E-state index in [-0.39, 0.29) is 0 Å². The maximum atomic E-state index is 4.48. The maximum Gasteiger partial charge on any atom is 0.123 e. The van der Waals surface area contributed by atoms with E-state index < -0.39 is 0 Å². The normalized spacial score (nSPS) is 12.7. The van der Waals surface area contributed by atoms with Crippen molar-refractivity contribution in [2.45, 2.75) is 33.6 Å². The lowest BCUT2D eigenvalue weighted by Gasteiger charge is -2.12. The molecule has 2 N–H and O–H groups in total. The van der Waals surface area contributed by atoms with Crippen molar-refractivity contribution in [1.82, 2.24) is 9.88 Å². The molecule has 0 aliphatic heterocycles. The molecule has 0 atom stereocenters. The minimum Gasteiger partial charge on any atom is -0.359 e. The molecule has 4 nitrogen and oxygen atoms in total. The van der Waals surface area contributed by atoms with Crippen LogP contribution in [0.15, 0.2) is 115 Å². The first kappa shape index (κ1) is 25.5. The molecular formula is C29H36N4. The van der Waals surface area contributed by atoms with E-state index in [1.54, 1.807) is 0 Å². The summed E-state index contributed by atoms with van der Waals surface area (Å²) in [6.45, 7) is 18.2. The van der Waals surface area contributed by atoms with Crippen molar-refractivity contribution in [3.8, 4) is 0 Å². The Morgan fingerprint density at radius 3 is 2.36 bits per heavy atom. The first-order chi connectivity index (χ1) is 15.9. The van der Waals surface area contributed by atoms with Gasteiger partial charge in [-0.15, -0.1) is 0 Å². The number of aromatic nitrogens is 1. The molecule has 0 aliphatic carbocycles. The molecule has 0 unspecified atom stereocenters. The Balaban J connectivity index is 1.98. The molecule has 0 spiro atoms. The van der Waals surface area contributed by atoms with E-state index in [0.717, 1.165) is 41.1 Å². The van der Waals surface area contributed by atoms with Gasteiger partial charge in [0.25, 0.3) is 0 Å². The number of hydrogen-bond donors (Lipinski definition) is 2. The summed E-state index contributed by atoms with van der Waals surface area (Å²) in [5, 5.41) is 6.60. The summed E-state index contributed by atoms with van der Waals surface area (Å²) in [6.07, 6.45) is 15.6. The second-order valence-corrected chi connectivity index (χ2v) is 7.76. The third kappa shape index (κ3) is 8.34. The lowest BCUT2D eigenvalue weighted by Crippen LogP contribution is -2.12. The van der Waals surface area contributed by atoms with Crippen LogP contribution < -0.4 is 10.6 Å². The summed E-state index contributed by atoms with van der Waals surface area (Å²) in [5.74, 6) is 0.594. The molecule has 0 saturated carbocycles. The Kier molecular flexibility index (Phi) is 9.97. The molecule has 4 heteroatoms. The molecule has 1 aromatic carbocycles. The molecule has 0 radical (unpaired) electrons. The highest BCUT2D eigenvalue weighted by molar-refractivity contribution is 6.10. The van der Waals surface area contributed by atoms with Crippen molar-refractivity contribution in [2.24, 2.45) is 12.0 Å². The molecule has 1 aromatic heterocycles. The Hall–Kier alpha value is -3.79. The van der Waals surface area contributed by atoms with Crippen LogP contribution >= 0.6 is 0 Å². The number of anilines is 1. The average molecular weight is 441 g/mol. The molecule has 2 aromatic rings. The number of aliphatic imine (C=N–C) groups is 1. The largest absolute Gasteiger partial charge is 0.359 e. The lowest BCUT2D eigenvalue weighted by molar-refractivity contribution is 0.928. The second-order valence-electron chi connectivity index (χ2n) is 7.76. The minimum absolute atomic E-state index is 0.594. The van der Waals surface area contributed by atoms with Crippen LogP contribution in [0.4, 0.5) is 5.69 Å². The van der Waals surface area contributed by atoms with Gasteiger partial charge in [0.1, 0.15) is 5.82 Å². The number of allylic oxidation sites excluding steroid dienone is 7. The van der Waals surface area contributed by atoms with Gasteiger partial charge in [-0.25, -0.2) is 4.99 Å². The smallest absolute Gasteiger partial charge is 0.123 e. The fourth-order valence-electron chi connectivity index (χ4n) is 3.25. The Labute approximate surface area is 199 Å². The Morgan fingerprint density at radius 1 is 1.09 bits per heavy atom. The van der Waals surface area contributed by atoms with Crippen molar-refractivity contribution < 1.29 is 0 Å². The quantitative estimate of drug-likeness (QED) is 0.272. The molecule has 0 amide bonds. The van der Waals surface area contributed by atoms with E-state index in [1.165, 1.54) is 11.1 Å². The molecule has 0 saturated heterocycles. The molecular weight excluding hydrogens is 404 g/mol. The molecule has 0 aliphatic rings. The summed E-state index contributed by atoms with van der Waals surface area (Å²) >= 11 is 0. The number of hydrogen-bond acceptors (Lipinski definition) is 3. The standard InChI is InChI=1S/C29H36N4/c1-8-24(9-2)19-28(11-4)31-22(5)18-25-12-14-27(15-13-25)26(10-3)20-30-23(6)32-29-16-17-33(7)21-29/h8,10-17,19-21,31-32H,1,5-6,9,18H2,2-4,7H3/b24-19+,26-10+,28-11+,30-20?. The topological polar surface area (TPSA) is 41.4 Å². The molecule has 33 heavy (non-hydrogen) atoms. The average Bonchev–Trinajstić information content (AvgIpc) is 3.22. The summed E-state index contributed by atoms with van der Waals surface area (Å²) in [6, 6.07) is 10.5. The summed E-state index contributed by atoms with van der Waals surface area (Å²) < 4.78 is 1.97. The van der Waals surface area contributed by atoms with E-state index in [0.29, 0.717) is 5.82 Å². The highest BCUT2D eigenvalue weighted by Crippen LogP contribution is 2.17. The van der Waals surface area contributed by atoms with Crippen molar-refractivity contribution in [2.75, 3.05) is 5.32 Å². The third-order valence-corrected chi connectivity index (χ3v) is 5.14. The van der Waals surface area contributed by atoms with Crippen molar-refractivity contribution in [1.29, 1.82) is 0 Å². The molecule has 0 bridgehead atoms. The van der Waals surface area contributed by atoms with Gasteiger partial charge in [0.15, 0.2) is 0 Å². The van der Waals surface area contributed by atoms with Crippen LogP contribution in [0.3, 0.4) is 0 Å². The van der Waals surface area contributed by atoms with Gasteiger partial charge in [-0.2, -0.15) is 0 Å². The van der Waals surface area contributed by atoms with Crippen LogP contribution in [0.5, 0.6) is 0 Å². The minimum atomic E-state index is 0.594.